The zero-order valence-corrected chi connectivity index (χ0v) is 15.6. The molecule has 0 spiro atoms. The molecule has 0 atom stereocenters. The Labute approximate surface area is 160 Å². The molecule has 0 fully saturated rings. The summed E-state index contributed by atoms with van der Waals surface area (Å²) in [5.74, 6) is 1.66. The molecule has 4 rings (SSSR count). The van der Waals surface area contributed by atoms with Gasteiger partial charge in [0.15, 0.2) is 0 Å². The minimum absolute atomic E-state index is 0.538. The number of anilines is 1. The molecule has 0 aliphatic carbocycles. The molecule has 0 bridgehead atoms. The summed E-state index contributed by atoms with van der Waals surface area (Å²) in [5.41, 5.74) is 3.58. The molecular weight excluding hydrogens is 381 g/mol. The van der Waals surface area contributed by atoms with Gasteiger partial charge in [-0.1, -0.05) is 34.8 Å². The number of fused-ring (bicyclic) bond motifs is 1. The first-order valence-corrected chi connectivity index (χ1v) is 8.87. The van der Waals surface area contributed by atoms with Crippen LogP contribution in [0, 0.1) is 0 Å². The normalized spacial score (nSPS) is 12.8. The highest BCUT2D eigenvalue weighted by Crippen LogP contribution is 2.40. The summed E-state index contributed by atoms with van der Waals surface area (Å²) >= 11 is 18.6. The second kappa shape index (κ2) is 6.45. The van der Waals surface area contributed by atoms with Crippen LogP contribution in [0.3, 0.4) is 0 Å². The quantitative estimate of drug-likeness (QED) is 0.639. The van der Waals surface area contributed by atoms with Crippen molar-refractivity contribution in [2.75, 3.05) is 19.0 Å². The van der Waals surface area contributed by atoms with Gasteiger partial charge in [0.2, 0.25) is 0 Å². The van der Waals surface area contributed by atoms with Gasteiger partial charge in [-0.2, -0.15) is 5.10 Å². The Balaban J connectivity index is 1.94. The molecule has 1 aliphatic rings. The van der Waals surface area contributed by atoms with E-state index in [-0.39, 0.29) is 0 Å². The number of nitrogens with zero attached hydrogens (tertiary/aromatic N) is 2. The fourth-order valence-electron chi connectivity index (χ4n) is 3.08. The van der Waals surface area contributed by atoms with E-state index in [0.717, 1.165) is 47.0 Å². The molecule has 2 aromatic carbocycles. The van der Waals surface area contributed by atoms with Gasteiger partial charge < -0.3 is 10.1 Å². The first kappa shape index (κ1) is 16.6. The van der Waals surface area contributed by atoms with E-state index < -0.39 is 0 Å². The van der Waals surface area contributed by atoms with Gasteiger partial charge in [0.1, 0.15) is 17.3 Å². The molecule has 0 saturated carbocycles. The predicted molar refractivity (Wildman–Crippen MR) is 103 cm³/mol. The molecule has 1 N–H and O–H groups in total. The number of nitrogens with one attached hydrogen (secondary N) is 1. The lowest BCUT2D eigenvalue weighted by atomic mass is 10.1. The highest BCUT2D eigenvalue weighted by atomic mass is 35.5. The van der Waals surface area contributed by atoms with Crippen LogP contribution in [0.5, 0.6) is 5.75 Å². The summed E-state index contributed by atoms with van der Waals surface area (Å²) in [4.78, 5) is 0. The Morgan fingerprint density at radius 1 is 1.08 bits per heavy atom. The number of benzene rings is 2. The second-order valence-corrected chi connectivity index (χ2v) is 6.98. The van der Waals surface area contributed by atoms with Crippen LogP contribution in [-0.2, 0) is 6.42 Å². The van der Waals surface area contributed by atoms with Crippen molar-refractivity contribution in [3.63, 3.8) is 0 Å². The Bertz CT molecular complexity index is 968. The van der Waals surface area contributed by atoms with Crippen LogP contribution < -0.4 is 10.1 Å². The number of hydrogen-bond acceptors (Lipinski definition) is 3. The van der Waals surface area contributed by atoms with Crippen molar-refractivity contribution < 1.29 is 4.74 Å². The number of rotatable bonds is 3. The molecule has 4 nitrogen and oxygen atoms in total. The van der Waals surface area contributed by atoms with E-state index in [2.05, 4.69) is 5.32 Å². The smallest absolute Gasteiger partial charge is 0.133 e. The molecule has 2 heterocycles. The standard InChI is InChI=1S/C18H14Cl3N3O/c1-25-16-5-3-10(19)8-13(16)17-12-6-7-22-18(12)24(23-17)15-4-2-11(20)9-14(15)21/h2-5,8-9,22H,6-7H2,1H3. The zero-order chi connectivity index (χ0) is 17.6. The molecule has 25 heavy (non-hydrogen) atoms. The summed E-state index contributed by atoms with van der Waals surface area (Å²) in [6.45, 7) is 0.842. The van der Waals surface area contributed by atoms with Crippen LogP contribution in [0.25, 0.3) is 16.9 Å². The van der Waals surface area contributed by atoms with Gasteiger partial charge in [-0.3, -0.25) is 0 Å². The summed E-state index contributed by atoms with van der Waals surface area (Å²) in [5, 5.41) is 9.94. The minimum Gasteiger partial charge on any atom is -0.496 e. The number of methoxy groups -OCH3 is 1. The monoisotopic (exact) mass is 393 g/mol. The van der Waals surface area contributed by atoms with E-state index in [1.807, 2.05) is 22.9 Å². The molecule has 0 unspecified atom stereocenters. The largest absolute Gasteiger partial charge is 0.496 e. The second-order valence-electron chi connectivity index (χ2n) is 5.70. The van der Waals surface area contributed by atoms with E-state index in [0.29, 0.717) is 15.1 Å². The van der Waals surface area contributed by atoms with Crippen molar-refractivity contribution in [3.05, 3.63) is 57.0 Å². The molecule has 3 aromatic rings. The Kier molecular flexibility index (Phi) is 4.28. The van der Waals surface area contributed by atoms with Crippen LogP contribution in [0.1, 0.15) is 5.56 Å². The van der Waals surface area contributed by atoms with Crippen molar-refractivity contribution in [1.82, 2.24) is 9.78 Å². The van der Waals surface area contributed by atoms with E-state index in [9.17, 15) is 0 Å². The average molecular weight is 395 g/mol. The van der Waals surface area contributed by atoms with Gasteiger partial charge >= 0.3 is 0 Å². The minimum atomic E-state index is 0.538. The van der Waals surface area contributed by atoms with Gasteiger partial charge in [0.05, 0.1) is 17.8 Å². The fourth-order valence-corrected chi connectivity index (χ4v) is 3.74. The summed E-state index contributed by atoms with van der Waals surface area (Å²) in [6, 6.07) is 10.9. The molecular formula is C18H14Cl3N3O. The molecule has 0 saturated heterocycles. The van der Waals surface area contributed by atoms with Crippen molar-refractivity contribution in [1.29, 1.82) is 0 Å². The topological polar surface area (TPSA) is 39.1 Å². The van der Waals surface area contributed by atoms with Gasteiger partial charge in [-0.25, -0.2) is 4.68 Å². The average Bonchev–Trinajstić information content (AvgIpc) is 3.18. The lowest BCUT2D eigenvalue weighted by Gasteiger charge is -2.09. The molecule has 0 radical (unpaired) electrons. The summed E-state index contributed by atoms with van der Waals surface area (Å²) in [6.07, 6.45) is 0.867. The lowest BCUT2D eigenvalue weighted by molar-refractivity contribution is 0.416. The molecule has 1 aliphatic heterocycles. The third-order valence-electron chi connectivity index (χ3n) is 4.21. The Morgan fingerprint density at radius 3 is 2.60 bits per heavy atom. The summed E-state index contributed by atoms with van der Waals surface area (Å²) < 4.78 is 7.31. The van der Waals surface area contributed by atoms with E-state index in [1.54, 1.807) is 25.3 Å². The van der Waals surface area contributed by atoms with Gasteiger partial charge in [-0.05, 0) is 42.8 Å². The first-order chi connectivity index (χ1) is 12.1. The van der Waals surface area contributed by atoms with Crippen LogP contribution in [0.15, 0.2) is 36.4 Å². The van der Waals surface area contributed by atoms with E-state index in [1.165, 1.54) is 0 Å². The van der Waals surface area contributed by atoms with Crippen LogP contribution in [0.2, 0.25) is 15.1 Å². The SMILES string of the molecule is COc1ccc(Cl)cc1-c1nn(-c2ccc(Cl)cc2Cl)c2c1CCN2. The summed E-state index contributed by atoms with van der Waals surface area (Å²) in [7, 11) is 1.64. The van der Waals surface area contributed by atoms with E-state index in [4.69, 9.17) is 44.6 Å². The third-order valence-corrected chi connectivity index (χ3v) is 4.98. The van der Waals surface area contributed by atoms with Gasteiger partial charge in [-0.15, -0.1) is 0 Å². The molecule has 128 valence electrons. The van der Waals surface area contributed by atoms with Crippen molar-refractivity contribution >= 4 is 40.6 Å². The van der Waals surface area contributed by atoms with E-state index >= 15 is 0 Å². The zero-order valence-electron chi connectivity index (χ0n) is 13.3. The third kappa shape index (κ3) is 2.84. The maximum absolute atomic E-state index is 6.39. The van der Waals surface area contributed by atoms with Crippen LogP contribution >= 0.6 is 34.8 Å². The molecule has 0 amide bonds. The fraction of sp³-hybridized carbons (Fsp3) is 0.167. The van der Waals surface area contributed by atoms with Gasteiger partial charge in [0.25, 0.3) is 0 Å². The number of hydrogen-bond donors (Lipinski definition) is 1. The molecule has 7 heteroatoms. The Morgan fingerprint density at radius 2 is 1.84 bits per heavy atom. The number of aromatic nitrogens is 2. The highest BCUT2D eigenvalue weighted by Gasteiger charge is 2.26. The number of ether oxygens (including phenoxy) is 1. The van der Waals surface area contributed by atoms with Crippen LogP contribution in [0.4, 0.5) is 5.82 Å². The molecule has 1 aromatic heterocycles. The van der Waals surface area contributed by atoms with Crippen molar-refractivity contribution in [2.24, 2.45) is 0 Å². The van der Waals surface area contributed by atoms with Crippen LogP contribution in [-0.4, -0.2) is 23.4 Å². The first-order valence-electron chi connectivity index (χ1n) is 7.73. The number of halogens is 3. The maximum Gasteiger partial charge on any atom is 0.133 e. The lowest BCUT2D eigenvalue weighted by Crippen LogP contribution is -2.05. The predicted octanol–water partition coefficient (Wildman–Crippen LogP) is 5.48. The van der Waals surface area contributed by atoms with Gasteiger partial charge in [0, 0.05) is 27.7 Å². The maximum atomic E-state index is 6.39. The Hall–Kier alpha value is -1.88. The van der Waals surface area contributed by atoms with Crippen molar-refractivity contribution in [2.45, 2.75) is 6.42 Å². The highest BCUT2D eigenvalue weighted by molar-refractivity contribution is 6.35. The van der Waals surface area contributed by atoms with Crippen molar-refractivity contribution in [3.8, 4) is 22.7 Å².